The largest absolute Gasteiger partial charge is 0.352 e. The van der Waals surface area contributed by atoms with E-state index in [-0.39, 0.29) is 23.9 Å². The second-order valence-electron chi connectivity index (χ2n) is 4.75. The van der Waals surface area contributed by atoms with Crippen LogP contribution in [0.2, 0.25) is 0 Å². The summed E-state index contributed by atoms with van der Waals surface area (Å²) in [4.78, 5) is 12.1. The van der Waals surface area contributed by atoms with E-state index in [1.165, 1.54) is 0 Å². The molecular formula is C16H22N2O. The number of hydrogen-bond donors (Lipinski definition) is 2. The fourth-order valence-corrected chi connectivity index (χ4v) is 1.90. The maximum absolute atomic E-state index is 12.1. The molecule has 0 bridgehead atoms. The fourth-order valence-electron chi connectivity index (χ4n) is 1.90. The quantitative estimate of drug-likeness (QED) is 0.769. The molecule has 19 heavy (non-hydrogen) atoms. The van der Waals surface area contributed by atoms with Gasteiger partial charge in [0.05, 0.1) is 5.92 Å². The summed E-state index contributed by atoms with van der Waals surface area (Å²) in [6, 6.07) is 9.38. The minimum absolute atomic E-state index is 0.0305. The van der Waals surface area contributed by atoms with Gasteiger partial charge in [-0.1, -0.05) is 44.2 Å². The van der Waals surface area contributed by atoms with Gasteiger partial charge in [-0.3, -0.25) is 4.79 Å². The molecule has 3 N–H and O–H groups in total. The number of nitrogens with two attached hydrogens (primary N) is 1. The number of rotatable bonds is 6. The predicted molar refractivity (Wildman–Crippen MR) is 78.2 cm³/mol. The maximum atomic E-state index is 12.1. The van der Waals surface area contributed by atoms with Gasteiger partial charge in [0, 0.05) is 18.5 Å². The number of carbonyl (C=O) groups excluding carboxylic acids is 1. The van der Waals surface area contributed by atoms with Gasteiger partial charge in [0.1, 0.15) is 0 Å². The third kappa shape index (κ3) is 4.42. The number of benzene rings is 1. The molecule has 3 heteroatoms. The van der Waals surface area contributed by atoms with E-state index in [1.807, 2.05) is 44.2 Å². The summed E-state index contributed by atoms with van der Waals surface area (Å²) in [7, 11) is 0. The summed E-state index contributed by atoms with van der Waals surface area (Å²) in [6.45, 7) is 3.85. The molecule has 0 radical (unpaired) electrons. The maximum Gasteiger partial charge on any atom is 0.224 e. The molecule has 0 saturated carbocycles. The first-order chi connectivity index (χ1) is 9.10. The number of nitrogens with one attached hydrogen (secondary N) is 1. The summed E-state index contributed by atoms with van der Waals surface area (Å²) in [5.74, 6) is 2.25. The molecule has 1 aromatic rings. The van der Waals surface area contributed by atoms with Crippen LogP contribution in [0.15, 0.2) is 30.3 Å². The summed E-state index contributed by atoms with van der Waals surface area (Å²) in [6.07, 6.45) is 6.66. The Balaban J connectivity index is 2.64. The second kappa shape index (κ2) is 7.60. The molecule has 0 aliphatic rings. The summed E-state index contributed by atoms with van der Waals surface area (Å²) in [5.41, 5.74) is 7.10. The van der Waals surface area contributed by atoms with Crippen molar-refractivity contribution < 1.29 is 4.79 Å². The van der Waals surface area contributed by atoms with Crippen LogP contribution >= 0.6 is 0 Å². The Hall–Kier alpha value is -1.79. The monoisotopic (exact) mass is 258 g/mol. The molecule has 3 unspecified atom stereocenters. The number of terminal acetylenes is 1. The number of carbonyl (C=O) groups is 1. The van der Waals surface area contributed by atoms with Gasteiger partial charge < -0.3 is 11.1 Å². The smallest absolute Gasteiger partial charge is 0.224 e. The molecule has 0 heterocycles. The van der Waals surface area contributed by atoms with Crippen molar-refractivity contribution in [3.8, 4) is 12.3 Å². The second-order valence-corrected chi connectivity index (χ2v) is 4.75. The van der Waals surface area contributed by atoms with Gasteiger partial charge in [-0.15, -0.1) is 12.3 Å². The highest BCUT2D eigenvalue weighted by Crippen LogP contribution is 2.19. The molecule has 0 aliphatic heterocycles. The van der Waals surface area contributed by atoms with Crippen molar-refractivity contribution in [1.29, 1.82) is 0 Å². The highest BCUT2D eigenvalue weighted by Gasteiger charge is 2.23. The highest BCUT2D eigenvalue weighted by atomic mass is 16.1. The Morgan fingerprint density at radius 1 is 1.42 bits per heavy atom. The van der Waals surface area contributed by atoms with Crippen LogP contribution in [0.5, 0.6) is 0 Å². The van der Waals surface area contributed by atoms with Crippen molar-refractivity contribution >= 4 is 5.91 Å². The van der Waals surface area contributed by atoms with Crippen molar-refractivity contribution in [3.63, 3.8) is 0 Å². The van der Waals surface area contributed by atoms with Crippen molar-refractivity contribution in [3.05, 3.63) is 35.9 Å². The van der Waals surface area contributed by atoms with E-state index in [0.717, 1.165) is 12.0 Å². The van der Waals surface area contributed by atoms with Gasteiger partial charge in [-0.25, -0.2) is 0 Å². The Labute approximate surface area is 115 Å². The minimum Gasteiger partial charge on any atom is -0.352 e. The first kappa shape index (κ1) is 15.3. The Morgan fingerprint density at radius 3 is 2.58 bits per heavy atom. The lowest BCUT2D eigenvalue weighted by Crippen LogP contribution is -2.41. The van der Waals surface area contributed by atoms with Crippen LogP contribution in [0.3, 0.4) is 0 Å². The molecule has 1 aromatic carbocycles. The topological polar surface area (TPSA) is 55.1 Å². The lowest BCUT2D eigenvalue weighted by Gasteiger charge is -2.22. The Bertz CT molecular complexity index is 436. The highest BCUT2D eigenvalue weighted by molar-refractivity contribution is 5.79. The zero-order valence-electron chi connectivity index (χ0n) is 11.6. The van der Waals surface area contributed by atoms with E-state index in [1.54, 1.807) is 0 Å². The summed E-state index contributed by atoms with van der Waals surface area (Å²) >= 11 is 0. The van der Waals surface area contributed by atoms with Gasteiger partial charge in [0.2, 0.25) is 5.91 Å². The fraction of sp³-hybridized carbons (Fsp3) is 0.438. The van der Waals surface area contributed by atoms with E-state index in [2.05, 4.69) is 11.2 Å². The minimum atomic E-state index is -0.301. The van der Waals surface area contributed by atoms with E-state index >= 15 is 0 Å². The molecule has 3 nitrogen and oxygen atoms in total. The van der Waals surface area contributed by atoms with E-state index < -0.39 is 0 Å². The van der Waals surface area contributed by atoms with Crippen molar-refractivity contribution in [2.45, 2.75) is 38.8 Å². The average molecular weight is 258 g/mol. The normalized spacial score (nSPS) is 15.1. The third-order valence-corrected chi connectivity index (χ3v) is 3.34. The van der Waals surface area contributed by atoms with E-state index in [0.29, 0.717) is 6.42 Å². The molecule has 1 amide bonds. The number of hydrogen-bond acceptors (Lipinski definition) is 2. The van der Waals surface area contributed by atoms with Crippen molar-refractivity contribution in [1.82, 2.24) is 5.32 Å². The van der Waals surface area contributed by atoms with Gasteiger partial charge in [0.25, 0.3) is 0 Å². The van der Waals surface area contributed by atoms with Crippen LogP contribution in [-0.4, -0.2) is 11.9 Å². The van der Waals surface area contributed by atoms with Crippen molar-refractivity contribution in [2.75, 3.05) is 0 Å². The molecule has 0 aliphatic carbocycles. The molecule has 102 valence electrons. The SMILES string of the molecule is C#CCC(CC)NC(=O)C(C)C(N)c1ccccc1. The number of amides is 1. The van der Waals surface area contributed by atoms with Crippen LogP contribution in [0.4, 0.5) is 0 Å². The van der Waals surface area contributed by atoms with E-state index in [4.69, 9.17) is 12.2 Å². The predicted octanol–water partition coefficient (Wildman–Crippen LogP) is 2.24. The molecular weight excluding hydrogens is 236 g/mol. The molecule has 0 saturated heterocycles. The summed E-state index contributed by atoms with van der Waals surface area (Å²) in [5, 5.41) is 2.96. The average Bonchev–Trinajstić information content (AvgIpc) is 2.45. The Kier molecular flexibility index (Phi) is 6.11. The Morgan fingerprint density at radius 2 is 2.05 bits per heavy atom. The van der Waals surface area contributed by atoms with E-state index in [9.17, 15) is 4.79 Å². The van der Waals surface area contributed by atoms with Gasteiger partial charge >= 0.3 is 0 Å². The zero-order chi connectivity index (χ0) is 14.3. The summed E-state index contributed by atoms with van der Waals surface area (Å²) < 4.78 is 0. The van der Waals surface area contributed by atoms with Gasteiger partial charge in [-0.05, 0) is 12.0 Å². The molecule has 3 atom stereocenters. The van der Waals surface area contributed by atoms with Crippen LogP contribution < -0.4 is 11.1 Å². The van der Waals surface area contributed by atoms with Crippen LogP contribution in [0, 0.1) is 18.3 Å². The standard InChI is InChI=1S/C16H22N2O/c1-4-9-14(5-2)18-16(19)12(3)15(17)13-10-7-6-8-11-13/h1,6-8,10-12,14-15H,5,9,17H2,2-3H3,(H,18,19). The molecule has 0 aromatic heterocycles. The first-order valence-corrected chi connectivity index (χ1v) is 6.64. The third-order valence-electron chi connectivity index (χ3n) is 3.34. The molecule has 1 rings (SSSR count). The van der Waals surface area contributed by atoms with Crippen molar-refractivity contribution in [2.24, 2.45) is 11.7 Å². The lowest BCUT2D eigenvalue weighted by molar-refractivity contribution is -0.125. The zero-order valence-corrected chi connectivity index (χ0v) is 11.6. The molecule has 0 fully saturated rings. The first-order valence-electron chi connectivity index (χ1n) is 6.64. The van der Waals surface area contributed by atoms with Crippen LogP contribution in [0.1, 0.15) is 38.3 Å². The lowest BCUT2D eigenvalue weighted by atomic mass is 9.94. The van der Waals surface area contributed by atoms with Crippen LogP contribution in [-0.2, 0) is 4.79 Å². The van der Waals surface area contributed by atoms with Gasteiger partial charge in [-0.2, -0.15) is 0 Å². The van der Waals surface area contributed by atoms with Crippen LogP contribution in [0.25, 0.3) is 0 Å². The molecule has 0 spiro atoms. The van der Waals surface area contributed by atoms with Gasteiger partial charge in [0.15, 0.2) is 0 Å².